The van der Waals surface area contributed by atoms with E-state index in [1.807, 2.05) is 37.3 Å². The van der Waals surface area contributed by atoms with E-state index in [-0.39, 0.29) is 25.4 Å². The summed E-state index contributed by atoms with van der Waals surface area (Å²) in [7, 11) is 0. The number of nitrogens with one attached hydrogen (secondary N) is 1. The van der Waals surface area contributed by atoms with Crippen molar-refractivity contribution >= 4 is 22.6 Å². The van der Waals surface area contributed by atoms with Crippen molar-refractivity contribution in [3.05, 3.63) is 47.5 Å². The maximum atomic E-state index is 13.4. The van der Waals surface area contributed by atoms with Gasteiger partial charge in [-0.1, -0.05) is 35.9 Å². The zero-order valence-electron chi connectivity index (χ0n) is 13.8. The molecule has 0 aromatic heterocycles. The van der Waals surface area contributed by atoms with Crippen molar-refractivity contribution in [1.82, 2.24) is 10.2 Å². The van der Waals surface area contributed by atoms with Crippen LogP contribution in [0.4, 0.5) is 4.39 Å². The molecule has 0 saturated carbocycles. The molecule has 1 N–H and O–H groups in total. The molecule has 2 aromatic rings. The molecular formula is C19H18FN3O2. The van der Waals surface area contributed by atoms with Crippen LogP contribution in [0.2, 0.25) is 0 Å². The van der Waals surface area contributed by atoms with Gasteiger partial charge in [-0.15, -0.1) is 0 Å². The number of halogens is 1. The summed E-state index contributed by atoms with van der Waals surface area (Å²) in [4.78, 5) is 25.8. The van der Waals surface area contributed by atoms with Crippen molar-refractivity contribution in [3.8, 4) is 6.07 Å². The van der Waals surface area contributed by atoms with Gasteiger partial charge in [0.15, 0.2) is 0 Å². The molecule has 1 aliphatic heterocycles. The molecule has 0 spiro atoms. The second kappa shape index (κ2) is 6.89. The predicted molar refractivity (Wildman–Crippen MR) is 91.6 cm³/mol. The third-order valence-electron chi connectivity index (χ3n) is 4.40. The first-order valence-corrected chi connectivity index (χ1v) is 8.10. The summed E-state index contributed by atoms with van der Waals surface area (Å²) in [6.07, 6.45) is -1.16. The number of fused-ring (bicyclic) bond motifs is 1. The number of benzene rings is 2. The molecule has 1 fully saturated rings. The van der Waals surface area contributed by atoms with E-state index in [0.29, 0.717) is 5.56 Å². The van der Waals surface area contributed by atoms with Gasteiger partial charge in [-0.25, -0.2) is 4.39 Å². The Morgan fingerprint density at radius 3 is 2.92 bits per heavy atom. The van der Waals surface area contributed by atoms with Gasteiger partial charge < -0.3 is 10.2 Å². The third-order valence-corrected chi connectivity index (χ3v) is 4.40. The van der Waals surface area contributed by atoms with E-state index in [9.17, 15) is 14.0 Å². The van der Waals surface area contributed by atoms with Gasteiger partial charge in [0, 0.05) is 12.0 Å². The number of hydrogen-bond donors (Lipinski definition) is 1. The molecule has 5 nitrogen and oxygen atoms in total. The molecule has 2 amide bonds. The number of alkyl halides is 1. The Labute approximate surface area is 145 Å². The van der Waals surface area contributed by atoms with Gasteiger partial charge in [-0.3, -0.25) is 9.59 Å². The second-order valence-corrected chi connectivity index (χ2v) is 6.24. The number of amides is 2. The Hall–Kier alpha value is -2.94. The van der Waals surface area contributed by atoms with Gasteiger partial charge in [0.05, 0.1) is 19.2 Å². The van der Waals surface area contributed by atoms with Gasteiger partial charge in [-0.05, 0) is 23.8 Å². The van der Waals surface area contributed by atoms with E-state index in [0.717, 1.165) is 16.3 Å². The summed E-state index contributed by atoms with van der Waals surface area (Å²) in [5.74, 6) is -0.816. The van der Waals surface area contributed by atoms with Crippen molar-refractivity contribution in [2.75, 3.05) is 13.1 Å². The van der Waals surface area contributed by atoms with Crippen LogP contribution >= 0.6 is 0 Å². The van der Waals surface area contributed by atoms with Crippen molar-refractivity contribution in [3.63, 3.8) is 0 Å². The molecule has 3 rings (SSSR count). The number of carbonyl (C=O) groups is 2. The molecule has 0 bridgehead atoms. The molecule has 0 radical (unpaired) electrons. The summed E-state index contributed by atoms with van der Waals surface area (Å²) in [6.45, 7) is 1.62. The number of carbonyl (C=O) groups excluding carboxylic acids is 2. The molecule has 1 heterocycles. The van der Waals surface area contributed by atoms with Crippen LogP contribution in [0.15, 0.2) is 36.4 Å². The van der Waals surface area contributed by atoms with Crippen LogP contribution in [0.5, 0.6) is 0 Å². The monoisotopic (exact) mass is 339 g/mol. The quantitative estimate of drug-likeness (QED) is 0.933. The van der Waals surface area contributed by atoms with Gasteiger partial charge in [0.1, 0.15) is 12.2 Å². The highest BCUT2D eigenvalue weighted by Gasteiger charge is 2.35. The van der Waals surface area contributed by atoms with E-state index in [2.05, 4.69) is 5.32 Å². The molecule has 0 aliphatic carbocycles. The highest BCUT2D eigenvalue weighted by molar-refractivity contribution is 6.07. The predicted octanol–water partition coefficient (Wildman–Crippen LogP) is 2.34. The van der Waals surface area contributed by atoms with Crippen LogP contribution in [0, 0.1) is 18.3 Å². The van der Waals surface area contributed by atoms with Crippen LogP contribution in [-0.4, -0.2) is 42.0 Å². The molecule has 1 saturated heterocycles. The number of nitriles is 1. The van der Waals surface area contributed by atoms with E-state index in [1.54, 1.807) is 12.1 Å². The van der Waals surface area contributed by atoms with Crippen LogP contribution < -0.4 is 5.32 Å². The Balaban J connectivity index is 1.71. The molecule has 2 atom stereocenters. The third kappa shape index (κ3) is 3.45. The number of hydrogen-bond acceptors (Lipinski definition) is 3. The fourth-order valence-electron chi connectivity index (χ4n) is 3.14. The summed E-state index contributed by atoms with van der Waals surface area (Å²) < 4.78 is 13.4. The van der Waals surface area contributed by atoms with E-state index >= 15 is 0 Å². The van der Waals surface area contributed by atoms with Crippen LogP contribution in [0.1, 0.15) is 22.3 Å². The zero-order chi connectivity index (χ0) is 18.0. The van der Waals surface area contributed by atoms with E-state index in [1.165, 1.54) is 4.90 Å². The number of rotatable bonds is 3. The molecule has 128 valence electrons. The van der Waals surface area contributed by atoms with Crippen LogP contribution in [-0.2, 0) is 4.79 Å². The van der Waals surface area contributed by atoms with Crippen molar-refractivity contribution < 1.29 is 14.0 Å². The maximum absolute atomic E-state index is 13.4. The first-order valence-electron chi connectivity index (χ1n) is 8.10. The Kier molecular flexibility index (Phi) is 4.66. The Morgan fingerprint density at radius 1 is 1.36 bits per heavy atom. The van der Waals surface area contributed by atoms with Crippen LogP contribution in [0.25, 0.3) is 10.8 Å². The van der Waals surface area contributed by atoms with Crippen molar-refractivity contribution in [2.45, 2.75) is 25.6 Å². The molecule has 2 aromatic carbocycles. The Bertz CT molecular complexity index is 875. The first kappa shape index (κ1) is 16.9. The largest absolute Gasteiger partial charge is 0.343 e. The fraction of sp³-hybridized carbons (Fsp3) is 0.316. The van der Waals surface area contributed by atoms with Gasteiger partial charge in [0.25, 0.3) is 5.91 Å². The number of aryl methyl sites for hydroxylation is 1. The zero-order valence-corrected chi connectivity index (χ0v) is 13.8. The minimum atomic E-state index is -1.19. The highest BCUT2D eigenvalue weighted by atomic mass is 19.1. The summed E-state index contributed by atoms with van der Waals surface area (Å²) in [5.41, 5.74) is 1.57. The SMILES string of the molecule is Cc1ccc2c(C(=O)NCC(=O)N3CC(F)CC3C#N)cccc2c1. The van der Waals surface area contributed by atoms with E-state index in [4.69, 9.17) is 5.26 Å². The molecule has 6 heteroatoms. The lowest BCUT2D eigenvalue weighted by molar-refractivity contribution is -0.130. The molecule has 25 heavy (non-hydrogen) atoms. The first-order chi connectivity index (χ1) is 12.0. The lowest BCUT2D eigenvalue weighted by Crippen LogP contribution is -2.42. The van der Waals surface area contributed by atoms with Gasteiger partial charge in [0.2, 0.25) is 5.91 Å². The maximum Gasteiger partial charge on any atom is 0.252 e. The lowest BCUT2D eigenvalue weighted by atomic mass is 10.0. The summed E-state index contributed by atoms with van der Waals surface area (Å²) in [6, 6.07) is 12.4. The van der Waals surface area contributed by atoms with Crippen molar-refractivity contribution in [2.24, 2.45) is 0 Å². The molecule has 1 aliphatic rings. The normalized spacial score (nSPS) is 19.6. The minimum Gasteiger partial charge on any atom is -0.343 e. The average Bonchev–Trinajstić information content (AvgIpc) is 2.99. The minimum absolute atomic E-state index is 0.0266. The molecular weight excluding hydrogens is 321 g/mol. The summed E-state index contributed by atoms with van der Waals surface area (Å²) in [5, 5.41) is 13.3. The van der Waals surface area contributed by atoms with Crippen LogP contribution in [0.3, 0.4) is 0 Å². The Morgan fingerprint density at radius 2 is 2.16 bits per heavy atom. The number of likely N-dealkylation sites (tertiary alicyclic amines) is 1. The van der Waals surface area contributed by atoms with Gasteiger partial charge >= 0.3 is 0 Å². The molecule has 2 unspecified atom stereocenters. The number of nitrogens with zero attached hydrogens (tertiary/aromatic N) is 2. The highest BCUT2D eigenvalue weighted by Crippen LogP contribution is 2.21. The standard InChI is InChI=1S/C19H18FN3O2/c1-12-5-6-16-13(7-12)3-2-4-17(16)19(25)22-10-18(24)23-11-14(20)8-15(23)9-21/h2-7,14-15H,8,10-11H2,1H3,(H,22,25). The smallest absolute Gasteiger partial charge is 0.252 e. The second-order valence-electron chi connectivity index (χ2n) is 6.24. The van der Waals surface area contributed by atoms with E-state index < -0.39 is 18.1 Å². The average molecular weight is 339 g/mol. The lowest BCUT2D eigenvalue weighted by Gasteiger charge is -2.19. The van der Waals surface area contributed by atoms with Crippen molar-refractivity contribution in [1.29, 1.82) is 5.26 Å². The van der Waals surface area contributed by atoms with Gasteiger partial charge in [-0.2, -0.15) is 5.26 Å². The summed E-state index contributed by atoms with van der Waals surface area (Å²) >= 11 is 0. The topological polar surface area (TPSA) is 73.2 Å². The fourth-order valence-corrected chi connectivity index (χ4v) is 3.14.